The van der Waals surface area contributed by atoms with Gasteiger partial charge in [0.2, 0.25) is 0 Å². The van der Waals surface area contributed by atoms with Crippen LogP contribution in [0.1, 0.15) is 45.6 Å². The fourth-order valence-electron chi connectivity index (χ4n) is 2.70. The number of nitrogens with one attached hydrogen (secondary N) is 1. The Balaban J connectivity index is 1.74. The van der Waals surface area contributed by atoms with Crippen molar-refractivity contribution in [2.45, 2.75) is 45.4 Å². The summed E-state index contributed by atoms with van der Waals surface area (Å²) in [4.78, 5) is 6.95. The van der Waals surface area contributed by atoms with E-state index in [1.165, 1.54) is 37.9 Å². The zero-order valence-electron chi connectivity index (χ0n) is 13.4. The molecule has 20 heavy (non-hydrogen) atoms. The molecule has 1 aliphatic heterocycles. The van der Waals surface area contributed by atoms with Crippen molar-refractivity contribution in [2.24, 2.45) is 5.92 Å². The molecule has 1 fully saturated rings. The molecule has 0 unspecified atom stereocenters. The summed E-state index contributed by atoms with van der Waals surface area (Å²) in [6.45, 7) is 10.2. The largest absolute Gasteiger partial charge is 0.370 e. The third-order valence-electron chi connectivity index (χ3n) is 4.33. The zero-order valence-corrected chi connectivity index (χ0v) is 13.4. The minimum atomic E-state index is 0.180. The summed E-state index contributed by atoms with van der Waals surface area (Å²) in [6, 6.07) is 4.29. The summed E-state index contributed by atoms with van der Waals surface area (Å²) in [5.74, 6) is 1.89. The van der Waals surface area contributed by atoms with Crippen molar-refractivity contribution < 1.29 is 0 Å². The number of pyridine rings is 1. The molecule has 0 atom stereocenters. The maximum absolute atomic E-state index is 4.52. The van der Waals surface area contributed by atoms with Crippen LogP contribution in [-0.4, -0.2) is 36.6 Å². The fraction of sp³-hybridized carbons (Fsp3) is 0.706. The molecule has 0 bridgehead atoms. The van der Waals surface area contributed by atoms with Crippen molar-refractivity contribution in [1.29, 1.82) is 0 Å². The predicted octanol–water partition coefficient (Wildman–Crippen LogP) is 3.52. The third kappa shape index (κ3) is 4.48. The Morgan fingerprint density at radius 1 is 1.25 bits per heavy atom. The van der Waals surface area contributed by atoms with Crippen LogP contribution in [0.2, 0.25) is 0 Å². The first-order valence-corrected chi connectivity index (χ1v) is 7.84. The first-order chi connectivity index (χ1) is 9.45. The van der Waals surface area contributed by atoms with E-state index in [1.54, 1.807) is 0 Å². The van der Waals surface area contributed by atoms with Gasteiger partial charge in [0.05, 0.1) is 0 Å². The van der Waals surface area contributed by atoms with Gasteiger partial charge in [-0.15, -0.1) is 0 Å². The number of piperidine rings is 1. The fourth-order valence-corrected chi connectivity index (χ4v) is 2.70. The summed E-state index contributed by atoms with van der Waals surface area (Å²) >= 11 is 0. The van der Waals surface area contributed by atoms with Crippen LogP contribution < -0.4 is 5.32 Å². The van der Waals surface area contributed by atoms with Gasteiger partial charge in [0.25, 0.3) is 0 Å². The van der Waals surface area contributed by atoms with Gasteiger partial charge in [0, 0.05) is 12.7 Å². The number of rotatable bonds is 4. The molecule has 3 heteroatoms. The number of anilines is 1. The molecule has 3 nitrogen and oxygen atoms in total. The molecule has 1 aromatic heterocycles. The van der Waals surface area contributed by atoms with Crippen LogP contribution in [0.4, 0.5) is 5.82 Å². The Morgan fingerprint density at radius 2 is 1.95 bits per heavy atom. The summed E-state index contributed by atoms with van der Waals surface area (Å²) in [5, 5.41) is 3.46. The Morgan fingerprint density at radius 3 is 2.50 bits per heavy atom. The van der Waals surface area contributed by atoms with E-state index in [0.29, 0.717) is 0 Å². The predicted molar refractivity (Wildman–Crippen MR) is 86.3 cm³/mol. The molecule has 1 aromatic rings. The van der Waals surface area contributed by atoms with Crippen molar-refractivity contribution in [2.75, 3.05) is 32.0 Å². The molecule has 1 saturated heterocycles. The van der Waals surface area contributed by atoms with Gasteiger partial charge in [-0.3, -0.25) is 0 Å². The smallest absolute Gasteiger partial charge is 0.125 e. The molecular weight excluding hydrogens is 246 g/mol. The molecule has 0 amide bonds. The van der Waals surface area contributed by atoms with Gasteiger partial charge < -0.3 is 10.2 Å². The molecule has 0 radical (unpaired) electrons. The summed E-state index contributed by atoms with van der Waals surface area (Å²) in [5.41, 5.74) is 1.47. The molecule has 0 aromatic carbocycles. The first-order valence-electron chi connectivity index (χ1n) is 7.84. The van der Waals surface area contributed by atoms with E-state index in [9.17, 15) is 0 Å². The van der Waals surface area contributed by atoms with Crippen LogP contribution in [-0.2, 0) is 5.41 Å². The van der Waals surface area contributed by atoms with E-state index in [2.05, 4.69) is 55.2 Å². The molecule has 1 aliphatic rings. The van der Waals surface area contributed by atoms with Crippen LogP contribution in [0.25, 0.3) is 0 Å². The average molecular weight is 275 g/mol. The standard InChI is InChI=1S/C17H29N3/c1-17(2,3)15-5-6-16(19-13-15)18-10-7-14-8-11-20(4)12-9-14/h5-6,13-14H,7-12H2,1-4H3,(H,18,19). The van der Waals surface area contributed by atoms with Crippen molar-refractivity contribution in [1.82, 2.24) is 9.88 Å². The van der Waals surface area contributed by atoms with Gasteiger partial charge in [-0.1, -0.05) is 26.8 Å². The molecule has 1 N–H and O–H groups in total. The molecule has 112 valence electrons. The van der Waals surface area contributed by atoms with E-state index in [4.69, 9.17) is 0 Å². The second-order valence-electron chi connectivity index (χ2n) is 7.14. The van der Waals surface area contributed by atoms with Gasteiger partial charge in [0.15, 0.2) is 0 Å². The lowest BCUT2D eigenvalue weighted by Gasteiger charge is -2.28. The topological polar surface area (TPSA) is 28.2 Å². The maximum Gasteiger partial charge on any atom is 0.125 e. The molecule has 2 heterocycles. The summed E-state index contributed by atoms with van der Waals surface area (Å²) in [7, 11) is 2.22. The SMILES string of the molecule is CN1CCC(CCNc2ccc(C(C)(C)C)cn2)CC1. The number of aromatic nitrogens is 1. The van der Waals surface area contributed by atoms with E-state index in [1.807, 2.05) is 6.20 Å². The van der Waals surface area contributed by atoms with E-state index in [-0.39, 0.29) is 5.41 Å². The number of hydrogen-bond donors (Lipinski definition) is 1. The minimum Gasteiger partial charge on any atom is -0.370 e. The summed E-state index contributed by atoms with van der Waals surface area (Å²) < 4.78 is 0. The van der Waals surface area contributed by atoms with Crippen molar-refractivity contribution >= 4 is 5.82 Å². The Hall–Kier alpha value is -1.09. The highest BCUT2D eigenvalue weighted by Gasteiger charge is 2.16. The normalized spacial score (nSPS) is 18.2. The van der Waals surface area contributed by atoms with Gasteiger partial charge in [0.1, 0.15) is 5.82 Å². The third-order valence-corrected chi connectivity index (χ3v) is 4.33. The van der Waals surface area contributed by atoms with Gasteiger partial charge >= 0.3 is 0 Å². The number of nitrogens with zero attached hydrogens (tertiary/aromatic N) is 2. The molecule has 2 rings (SSSR count). The average Bonchev–Trinajstić information content (AvgIpc) is 2.41. The van der Waals surface area contributed by atoms with Gasteiger partial charge in [-0.05, 0) is 62.4 Å². The van der Waals surface area contributed by atoms with Crippen LogP contribution >= 0.6 is 0 Å². The molecular formula is C17H29N3. The highest BCUT2D eigenvalue weighted by atomic mass is 15.1. The van der Waals surface area contributed by atoms with Crippen molar-refractivity contribution in [3.63, 3.8) is 0 Å². The van der Waals surface area contributed by atoms with Crippen molar-refractivity contribution in [3.8, 4) is 0 Å². The number of likely N-dealkylation sites (tertiary alicyclic amines) is 1. The first kappa shape index (κ1) is 15.3. The maximum atomic E-state index is 4.52. The molecule has 0 saturated carbocycles. The highest BCUT2D eigenvalue weighted by Crippen LogP contribution is 2.22. The Bertz CT molecular complexity index is 397. The lowest BCUT2D eigenvalue weighted by molar-refractivity contribution is 0.215. The molecule has 0 spiro atoms. The zero-order chi connectivity index (χ0) is 14.6. The van der Waals surface area contributed by atoms with Gasteiger partial charge in [-0.25, -0.2) is 4.98 Å². The summed E-state index contributed by atoms with van der Waals surface area (Å²) in [6.07, 6.45) is 5.94. The van der Waals surface area contributed by atoms with Gasteiger partial charge in [-0.2, -0.15) is 0 Å². The monoisotopic (exact) mass is 275 g/mol. The van der Waals surface area contributed by atoms with E-state index >= 15 is 0 Å². The quantitative estimate of drug-likeness (QED) is 0.911. The second kappa shape index (κ2) is 6.57. The van der Waals surface area contributed by atoms with Crippen LogP contribution in [0.5, 0.6) is 0 Å². The van der Waals surface area contributed by atoms with Crippen molar-refractivity contribution in [3.05, 3.63) is 23.9 Å². The lowest BCUT2D eigenvalue weighted by Crippen LogP contribution is -2.30. The highest BCUT2D eigenvalue weighted by molar-refractivity contribution is 5.36. The second-order valence-corrected chi connectivity index (χ2v) is 7.14. The Labute approximate surface area is 123 Å². The molecule has 0 aliphatic carbocycles. The van der Waals surface area contributed by atoms with Crippen LogP contribution in [0.3, 0.4) is 0 Å². The minimum absolute atomic E-state index is 0.180. The lowest BCUT2D eigenvalue weighted by atomic mass is 9.88. The Kier molecular flexibility index (Phi) is 5.03. The van der Waals surface area contributed by atoms with E-state index in [0.717, 1.165) is 18.3 Å². The van der Waals surface area contributed by atoms with E-state index < -0.39 is 0 Å². The number of hydrogen-bond acceptors (Lipinski definition) is 3. The van der Waals surface area contributed by atoms with Crippen LogP contribution in [0.15, 0.2) is 18.3 Å². The van der Waals surface area contributed by atoms with Crippen LogP contribution in [0, 0.1) is 5.92 Å².